The molecule has 8 heteroatoms. The molecule has 31 heavy (non-hydrogen) atoms. The fourth-order valence-corrected chi connectivity index (χ4v) is 5.55. The van der Waals surface area contributed by atoms with Gasteiger partial charge in [-0.2, -0.15) is 0 Å². The summed E-state index contributed by atoms with van der Waals surface area (Å²) in [5.41, 5.74) is 3.27. The maximum Gasteiger partial charge on any atom is 1.00 e. The molecule has 1 atom stereocenters. The van der Waals surface area contributed by atoms with E-state index in [1.54, 1.807) is 24.5 Å². The second-order valence-electron chi connectivity index (χ2n) is 7.81. The molecule has 1 aromatic heterocycles. The number of benzene rings is 1. The first-order valence-electron chi connectivity index (χ1n) is 9.97. The molecule has 0 N–H and O–H groups in total. The number of β-lactam (4-membered cyclic amide) rings is 1. The summed E-state index contributed by atoms with van der Waals surface area (Å²) in [6, 6.07) is 10.2. The molecule has 0 aliphatic carbocycles. The van der Waals surface area contributed by atoms with Crippen molar-refractivity contribution in [3.05, 3.63) is 68.6 Å². The Morgan fingerprint density at radius 1 is 1.32 bits per heavy atom. The van der Waals surface area contributed by atoms with E-state index in [-0.39, 0.29) is 47.2 Å². The Balaban J connectivity index is 0.00000231. The van der Waals surface area contributed by atoms with Gasteiger partial charge in [0.2, 0.25) is 0 Å². The zero-order chi connectivity index (χ0) is 20.8. The molecule has 154 valence electrons. The number of aliphatic carboxylic acids is 1. The average Bonchev–Trinajstić information content (AvgIpc) is 3.34. The predicted molar refractivity (Wildman–Crippen MR) is 111 cm³/mol. The number of ether oxygens (including phenoxy) is 1. The predicted octanol–water partition coefficient (Wildman–Crippen LogP) is -1.05. The minimum Gasteiger partial charge on any atom is -0.543 e. The molecule has 3 aliphatic heterocycles. The number of hydrogen-bond acceptors (Lipinski definition) is 6. The molecule has 5 rings (SSSR count). The van der Waals surface area contributed by atoms with E-state index in [4.69, 9.17) is 4.74 Å². The summed E-state index contributed by atoms with van der Waals surface area (Å²) in [4.78, 5) is 29.8. The molecule has 1 aromatic carbocycles. The van der Waals surface area contributed by atoms with Gasteiger partial charge in [0.1, 0.15) is 5.75 Å². The minimum absolute atomic E-state index is 0. The van der Waals surface area contributed by atoms with Crippen LogP contribution in [0.4, 0.5) is 0 Å². The molecule has 1 amide bonds. The normalized spacial score (nSPS) is 21.1. The average molecular weight is 444 g/mol. The molecular formula is C23H21N2NaO4S. The van der Waals surface area contributed by atoms with Crippen LogP contribution in [0.3, 0.4) is 0 Å². The summed E-state index contributed by atoms with van der Waals surface area (Å²) in [5.74, 6) is -0.641. The maximum absolute atomic E-state index is 12.4. The van der Waals surface area contributed by atoms with Gasteiger partial charge in [-0.05, 0) is 48.2 Å². The van der Waals surface area contributed by atoms with E-state index >= 15 is 0 Å². The molecule has 0 saturated carbocycles. The van der Waals surface area contributed by atoms with Crippen LogP contribution in [0, 0.1) is 0 Å². The Bertz CT molecular complexity index is 1090. The van der Waals surface area contributed by atoms with Crippen molar-refractivity contribution >= 4 is 29.3 Å². The van der Waals surface area contributed by atoms with Gasteiger partial charge < -0.3 is 14.6 Å². The molecule has 6 nitrogen and oxygen atoms in total. The SMILES string of the molecule is COc1ccc(CN2CCc3sc(/C=C4/C(=O)N5C(C(=O)[O-])=CCC45)cc3C2)cc1.[Na+]. The quantitative estimate of drug-likeness (QED) is 0.334. The summed E-state index contributed by atoms with van der Waals surface area (Å²) in [6.45, 7) is 2.79. The summed E-state index contributed by atoms with van der Waals surface area (Å²) < 4.78 is 5.23. The van der Waals surface area contributed by atoms with E-state index in [9.17, 15) is 14.7 Å². The van der Waals surface area contributed by atoms with Crippen LogP contribution >= 0.6 is 11.3 Å². The Hall–Kier alpha value is -1.90. The molecule has 4 heterocycles. The van der Waals surface area contributed by atoms with E-state index in [0.717, 1.165) is 36.7 Å². The zero-order valence-electron chi connectivity index (χ0n) is 17.6. The van der Waals surface area contributed by atoms with Gasteiger partial charge in [0.25, 0.3) is 5.91 Å². The third kappa shape index (κ3) is 4.13. The van der Waals surface area contributed by atoms with Gasteiger partial charge in [0.05, 0.1) is 24.8 Å². The first-order valence-corrected chi connectivity index (χ1v) is 10.8. The van der Waals surface area contributed by atoms with Gasteiger partial charge in [-0.25, -0.2) is 0 Å². The molecule has 0 spiro atoms. The number of carboxylic acids is 1. The summed E-state index contributed by atoms with van der Waals surface area (Å²) >= 11 is 1.73. The van der Waals surface area contributed by atoms with Crippen molar-refractivity contribution in [2.24, 2.45) is 0 Å². The van der Waals surface area contributed by atoms with E-state index in [2.05, 4.69) is 23.1 Å². The second kappa shape index (κ2) is 8.92. The smallest absolute Gasteiger partial charge is 0.543 e. The van der Waals surface area contributed by atoms with E-state index in [1.807, 2.05) is 18.2 Å². The van der Waals surface area contributed by atoms with Crippen LogP contribution in [0.2, 0.25) is 0 Å². The molecule has 1 fully saturated rings. The first-order chi connectivity index (χ1) is 14.5. The molecule has 1 saturated heterocycles. The summed E-state index contributed by atoms with van der Waals surface area (Å²) in [5, 5.41) is 11.1. The number of carbonyl (C=O) groups is 2. The first kappa shape index (κ1) is 22.3. The van der Waals surface area contributed by atoms with Crippen LogP contribution in [-0.4, -0.2) is 41.4 Å². The third-order valence-electron chi connectivity index (χ3n) is 5.97. The topological polar surface area (TPSA) is 72.9 Å². The fourth-order valence-electron chi connectivity index (χ4n) is 4.43. The van der Waals surface area contributed by atoms with Crippen molar-refractivity contribution in [1.82, 2.24) is 9.80 Å². The molecule has 2 aromatic rings. The fraction of sp³-hybridized carbons (Fsp3) is 0.304. The number of methoxy groups -OCH3 is 1. The number of hydrogen-bond donors (Lipinski definition) is 0. The van der Waals surface area contributed by atoms with Crippen molar-refractivity contribution < 1.29 is 49.0 Å². The van der Waals surface area contributed by atoms with E-state index < -0.39 is 5.97 Å². The Morgan fingerprint density at radius 2 is 2.10 bits per heavy atom. The molecule has 0 radical (unpaired) electrons. The molecule has 0 bridgehead atoms. The Kier molecular flexibility index (Phi) is 6.42. The largest absolute Gasteiger partial charge is 1.00 e. The van der Waals surface area contributed by atoms with E-state index in [1.165, 1.54) is 20.9 Å². The number of amides is 1. The van der Waals surface area contributed by atoms with Gasteiger partial charge in [-0.1, -0.05) is 18.2 Å². The number of fused-ring (bicyclic) bond motifs is 2. The molecule has 3 aliphatic rings. The Labute approximate surface area is 207 Å². The van der Waals surface area contributed by atoms with Crippen LogP contribution in [0.25, 0.3) is 6.08 Å². The summed E-state index contributed by atoms with van der Waals surface area (Å²) in [6.07, 6.45) is 5.06. The third-order valence-corrected chi connectivity index (χ3v) is 7.15. The van der Waals surface area contributed by atoms with Crippen molar-refractivity contribution in [2.75, 3.05) is 13.7 Å². The number of nitrogens with zero attached hydrogens (tertiary/aromatic N) is 2. The second-order valence-corrected chi connectivity index (χ2v) is 8.98. The van der Waals surface area contributed by atoms with Crippen molar-refractivity contribution in [3.8, 4) is 5.75 Å². The number of carbonyl (C=O) groups excluding carboxylic acids is 2. The molecule has 1 unspecified atom stereocenters. The van der Waals surface area contributed by atoms with Gasteiger partial charge in [-0.3, -0.25) is 14.6 Å². The van der Waals surface area contributed by atoms with Crippen LogP contribution in [0.5, 0.6) is 5.75 Å². The maximum atomic E-state index is 12.4. The van der Waals surface area contributed by atoms with Crippen LogP contribution in [-0.2, 0) is 29.1 Å². The minimum atomic E-state index is -1.28. The van der Waals surface area contributed by atoms with Crippen LogP contribution in [0.15, 0.2) is 47.7 Å². The van der Waals surface area contributed by atoms with Gasteiger partial charge >= 0.3 is 29.6 Å². The molecular weight excluding hydrogens is 423 g/mol. The number of rotatable bonds is 5. The van der Waals surface area contributed by atoms with Crippen molar-refractivity contribution in [2.45, 2.75) is 32.0 Å². The van der Waals surface area contributed by atoms with E-state index in [0.29, 0.717) is 12.0 Å². The standard InChI is InChI=1S/C23H22N2O4S.Na/c1-29-16-4-2-14(3-5-16)12-24-9-8-21-15(13-24)10-17(30-21)11-18-19-6-7-20(23(27)28)25(19)22(18)26;/h2-5,7,10-11,19H,6,8-9,12-13H2,1H3,(H,27,28);/q;+1/p-1/b18-11+;. The van der Waals surface area contributed by atoms with Crippen LogP contribution in [0.1, 0.15) is 27.3 Å². The van der Waals surface area contributed by atoms with Crippen molar-refractivity contribution in [1.29, 1.82) is 0 Å². The number of carboxylic acid groups (broad SMARTS) is 1. The summed E-state index contributed by atoms with van der Waals surface area (Å²) in [7, 11) is 1.67. The van der Waals surface area contributed by atoms with Gasteiger partial charge in [-0.15, -0.1) is 11.3 Å². The van der Waals surface area contributed by atoms with Gasteiger partial charge in [0, 0.05) is 35.0 Å². The van der Waals surface area contributed by atoms with Crippen molar-refractivity contribution in [3.63, 3.8) is 0 Å². The number of thiophene rings is 1. The van der Waals surface area contributed by atoms with Crippen LogP contribution < -0.4 is 39.4 Å². The zero-order valence-corrected chi connectivity index (χ0v) is 20.4. The monoisotopic (exact) mass is 444 g/mol. The Morgan fingerprint density at radius 3 is 2.81 bits per heavy atom. The van der Waals surface area contributed by atoms with Gasteiger partial charge in [0.15, 0.2) is 0 Å².